The Morgan fingerprint density at radius 2 is 1.91 bits per heavy atom. The van der Waals surface area contributed by atoms with Crippen molar-refractivity contribution in [1.82, 2.24) is 19.5 Å². The number of hydrogen-bond donors (Lipinski definition) is 2. The van der Waals surface area contributed by atoms with Crippen LogP contribution in [-0.4, -0.2) is 64.6 Å². The molecule has 6 rings (SSSR count). The van der Waals surface area contributed by atoms with Gasteiger partial charge in [0, 0.05) is 31.6 Å². The Morgan fingerprint density at radius 1 is 1.06 bits per heavy atom. The van der Waals surface area contributed by atoms with Crippen molar-refractivity contribution in [2.24, 2.45) is 0 Å². The molecule has 4 heterocycles. The number of aliphatic hydroxyl groups excluding tert-OH is 1. The molecule has 0 spiro atoms. The van der Waals surface area contributed by atoms with E-state index in [1.165, 1.54) is 16.7 Å². The number of β-amino-alcohol motifs (C(OH)–C–C–N with tert-alkyl or cyclic N) is 1. The van der Waals surface area contributed by atoms with E-state index in [2.05, 4.69) is 51.6 Å². The van der Waals surface area contributed by atoms with Gasteiger partial charge in [-0.3, -0.25) is 0 Å². The van der Waals surface area contributed by atoms with Gasteiger partial charge >= 0.3 is 0 Å². The first-order valence-electron chi connectivity index (χ1n) is 12.1. The van der Waals surface area contributed by atoms with Crippen LogP contribution in [0.15, 0.2) is 48.7 Å². The lowest BCUT2D eigenvalue weighted by Gasteiger charge is -2.17. The van der Waals surface area contributed by atoms with Crippen LogP contribution >= 0.6 is 0 Å². The molecule has 0 aliphatic carbocycles. The predicted molar refractivity (Wildman–Crippen MR) is 135 cm³/mol. The van der Waals surface area contributed by atoms with Gasteiger partial charge in [-0.2, -0.15) is 0 Å². The van der Waals surface area contributed by atoms with Crippen LogP contribution in [-0.2, 0) is 19.3 Å². The molecule has 0 bridgehead atoms. The SMILES string of the molecule is COc1cc2c(cc1Nc1ncc3ccc(-c4cccc5c4OCC5)n3n1)CCN(CCO)CC2. The quantitative estimate of drug-likeness (QED) is 0.445. The summed E-state index contributed by atoms with van der Waals surface area (Å²) in [6, 6.07) is 14.6. The Balaban J connectivity index is 1.33. The minimum absolute atomic E-state index is 0.186. The molecule has 0 saturated carbocycles. The molecule has 0 fully saturated rings. The largest absolute Gasteiger partial charge is 0.495 e. The number of nitrogens with one attached hydrogen (secondary N) is 1. The van der Waals surface area contributed by atoms with Gasteiger partial charge < -0.3 is 24.8 Å². The predicted octanol–water partition coefficient (Wildman–Crippen LogP) is 3.48. The van der Waals surface area contributed by atoms with Gasteiger partial charge in [0.2, 0.25) is 5.95 Å². The fourth-order valence-corrected chi connectivity index (χ4v) is 5.13. The number of methoxy groups -OCH3 is 1. The number of nitrogens with zero attached hydrogens (tertiary/aromatic N) is 4. The van der Waals surface area contributed by atoms with Gasteiger partial charge in [0.05, 0.1) is 43.4 Å². The Hall–Kier alpha value is -3.62. The molecule has 8 nitrogen and oxygen atoms in total. The highest BCUT2D eigenvalue weighted by Gasteiger charge is 2.20. The first-order chi connectivity index (χ1) is 17.2. The molecule has 0 saturated heterocycles. The number of aromatic nitrogens is 3. The summed E-state index contributed by atoms with van der Waals surface area (Å²) in [5, 5.41) is 17.5. The highest BCUT2D eigenvalue weighted by Crippen LogP contribution is 2.37. The van der Waals surface area contributed by atoms with Crippen LogP contribution in [0.5, 0.6) is 11.5 Å². The fourth-order valence-electron chi connectivity index (χ4n) is 5.13. The first kappa shape index (κ1) is 21.9. The number of hydrogen-bond acceptors (Lipinski definition) is 7. The monoisotopic (exact) mass is 471 g/mol. The minimum Gasteiger partial charge on any atom is -0.495 e. The molecule has 180 valence electrons. The molecule has 4 aromatic rings. The Labute approximate surface area is 204 Å². The molecule has 2 aromatic heterocycles. The zero-order valence-electron chi connectivity index (χ0n) is 19.8. The van der Waals surface area contributed by atoms with E-state index >= 15 is 0 Å². The highest BCUT2D eigenvalue weighted by atomic mass is 16.5. The molecule has 8 heteroatoms. The van der Waals surface area contributed by atoms with Crippen LogP contribution in [0.3, 0.4) is 0 Å². The third-order valence-electron chi connectivity index (χ3n) is 6.97. The summed E-state index contributed by atoms with van der Waals surface area (Å²) in [4.78, 5) is 6.86. The summed E-state index contributed by atoms with van der Waals surface area (Å²) in [5.41, 5.74) is 7.58. The number of para-hydroxylation sites is 1. The zero-order valence-corrected chi connectivity index (χ0v) is 19.8. The van der Waals surface area contributed by atoms with Gasteiger partial charge in [-0.05, 0) is 59.9 Å². The third-order valence-corrected chi connectivity index (χ3v) is 6.97. The van der Waals surface area contributed by atoms with E-state index in [-0.39, 0.29) is 6.61 Å². The van der Waals surface area contributed by atoms with Crippen LogP contribution in [0.2, 0.25) is 0 Å². The normalized spacial score (nSPS) is 15.4. The van der Waals surface area contributed by atoms with E-state index in [1.807, 2.05) is 16.8 Å². The molecule has 2 aliphatic rings. The minimum atomic E-state index is 0.186. The van der Waals surface area contributed by atoms with Crippen molar-refractivity contribution in [3.05, 3.63) is 65.4 Å². The second-order valence-corrected chi connectivity index (χ2v) is 9.04. The summed E-state index contributed by atoms with van der Waals surface area (Å²) in [7, 11) is 1.69. The van der Waals surface area contributed by atoms with Crippen molar-refractivity contribution in [3.8, 4) is 22.8 Å². The van der Waals surface area contributed by atoms with Crippen molar-refractivity contribution < 1.29 is 14.6 Å². The summed E-state index contributed by atoms with van der Waals surface area (Å²) in [6.45, 7) is 3.47. The highest BCUT2D eigenvalue weighted by molar-refractivity contribution is 5.74. The number of rotatable bonds is 6. The van der Waals surface area contributed by atoms with E-state index in [4.69, 9.17) is 14.6 Å². The third kappa shape index (κ3) is 4.09. The van der Waals surface area contributed by atoms with E-state index in [0.29, 0.717) is 19.1 Å². The van der Waals surface area contributed by atoms with Crippen LogP contribution in [0.25, 0.3) is 16.8 Å². The number of fused-ring (bicyclic) bond motifs is 3. The smallest absolute Gasteiger partial charge is 0.245 e. The van der Waals surface area contributed by atoms with Gasteiger partial charge in [0.15, 0.2) is 0 Å². The van der Waals surface area contributed by atoms with Crippen molar-refractivity contribution in [2.75, 3.05) is 45.3 Å². The van der Waals surface area contributed by atoms with Crippen LogP contribution in [0.4, 0.5) is 11.6 Å². The molecule has 0 atom stereocenters. The molecule has 2 aromatic carbocycles. The Bertz CT molecular complexity index is 1380. The van der Waals surface area contributed by atoms with Gasteiger partial charge in [-0.25, -0.2) is 9.50 Å². The molecule has 0 radical (unpaired) electrons. The molecular weight excluding hydrogens is 442 g/mol. The molecule has 2 N–H and O–H groups in total. The maximum Gasteiger partial charge on any atom is 0.245 e. The molecule has 35 heavy (non-hydrogen) atoms. The summed E-state index contributed by atoms with van der Waals surface area (Å²) in [6.07, 6.45) is 4.62. The summed E-state index contributed by atoms with van der Waals surface area (Å²) >= 11 is 0. The number of ether oxygens (including phenoxy) is 2. The number of anilines is 2. The average Bonchev–Trinajstić information content (AvgIpc) is 3.48. The van der Waals surface area contributed by atoms with Gasteiger partial charge in [-0.15, -0.1) is 5.10 Å². The second kappa shape index (κ2) is 9.20. The molecule has 0 unspecified atom stereocenters. The zero-order chi connectivity index (χ0) is 23.8. The lowest BCUT2D eigenvalue weighted by atomic mass is 10.0. The molecule has 2 aliphatic heterocycles. The maximum absolute atomic E-state index is 9.32. The van der Waals surface area contributed by atoms with Gasteiger partial charge in [-0.1, -0.05) is 12.1 Å². The van der Waals surface area contributed by atoms with Crippen molar-refractivity contribution in [2.45, 2.75) is 19.3 Å². The van der Waals surface area contributed by atoms with E-state index in [1.54, 1.807) is 7.11 Å². The Morgan fingerprint density at radius 3 is 2.74 bits per heavy atom. The van der Waals surface area contributed by atoms with Crippen molar-refractivity contribution in [3.63, 3.8) is 0 Å². The van der Waals surface area contributed by atoms with Gasteiger partial charge in [0.1, 0.15) is 11.5 Å². The number of benzene rings is 2. The van der Waals surface area contributed by atoms with E-state index in [0.717, 1.165) is 66.3 Å². The maximum atomic E-state index is 9.32. The molecular formula is C27H29N5O3. The summed E-state index contributed by atoms with van der Waals surface area (Å²) < 4.78 is 13.6. The first-order valence-corrected chi connectivity index (χ1v) is 12.1. The second-order valence-electron chi connectivity index (χ2n) is 9.04. The topological polar surface area (TPSA) is 84.1 Å². The Kier molecular flexibility index (Phi) is 5.75. The fraction of sp³-hybridized carbons (Fsp3) is 0.333. The van der Waals surface area contributed by atoms with Crippen LogP contribution in [0.1, 0.15) is 16.7 Å². The number of aliphatic hydroxyl groups is 1. The average molecular weight is 472 g/mol. The van der Waals surface area contributed by atoms with Gasteiger partial charge in [0.25, 0.3) is 0 Å². The lowest BCUT2D eigenvalue weighted by Crippen LogP contribution is -2.29. The summed E-state index contributed by atoms with van der Waals surface area (Å²) in [5.74, 6) is 2.21. The van der Waals surface area contributed by atoms with Crippen LogP contribution in [0, 0.1) is 0 Å². The standard InChI is InChI=1S/C27H29N5O3/c1-34-25-16-20-8-11-31(12-13-33)10-7-19(20)15-23(25)29-27-28-17-21-5-6-24(32(21)30-27)22-4-2-3-18-9-14-35-26(18)22/h2-6,15-17,33H,7-14H2,1H3,(H,29,30). The molecule has 0 amide bonds. The lowest BCUT2D eigenvalue weighted by molar-refractivity contribution is 0.201. The van der Waals surface area contributed by atoms with Crippen LogP contribution < -0.4 is 14.8 Å². The van der Waals surface area contributed by atoms with E-state index < -0.39 is 0 Å². The van der Waals surface area contributed by atoms with E-state index in [9.17, 15) is 5.11 Å². The van der Waals surface area contributed by atoms with Crippen molar-refractivity contribution in [1.29, 1.82) is 0 Å². The van der Waals surface area contributed by atoms with Crippen molar-refractivity contribution >= 4 is 17.2 Å².